The van der Waals surface area contributed by atoms with Crippen LogP contribution in [0.1, 0.15) is 32.8 Å². The second kappa shape index (κ2) is 7.81. The predicted octanol–water partition coefficient (Wildman–Crippen LogP) is 2.95. The van der Waals surface area contributed by atoms with Crippen molar-refractivity contribution >= 4 is 11.6 Å². The summed E-state index contributed by atoms with van der Waals surface area (Å²) in [5.41, 5.74) is 1.07. The zero-order chi connectivity index (χ0) is 15.2. The zero-order valence-electron chi connectivity index (χ0n) is 13.2. The zero-order valence-corrected chi connectivity index (χ0v) is 13.9. The Balaban J connectivity index is 2.53. The van der Waals surface area contributed by atoms with Gasteiger partial charge in [-0.2, -0.15) is 0 Å². The van der Waals surface area contributed by atoms with Crippen molar-refractivity contribution in [1.82, 2.24) is 15.2 Å². The molecule has 0 aliphatic rings. The van der Waals surface area contributed by atoms with Gasteiger partial charge in [-0.3, -0.25) is 0 Å². The third-order valence-corrected chi connectivity index (χ3v) is 3.06. The summed E-state index contributed by atoms with van der Waals surface area (Å²) in [6.07, 6.45) is 2.63. The van der Waals surface area contributed by atoms with E-state index < -0.39 is 0 Å². The van der Waals surface area contributed by atoms with Gasteiger partial charge in [0.2, 0.25) is 5.88 Å². The summed E-state index contributed by atoms with van der Waals surface area (Å²) < 4.78 is 5.66. The summed E-state index contributed by atoms with van der Waals surface area (Å²) in [6.45, 7) is 8.76. The highest BCUT2D eigenvalue weighted by molar-refractivity contribution is 6.31. The van der Waals surface area contributed by atoms with Crippen molar-refractivity contribution in [3.8, 4) is 5.88 Å². The maximum atomic E-state index is 6.16. The van der Waals surface area contributed by atoms with Crippen LogP contribution in [0.25, 0.3) is 0 Å². The lowest BCUT2D eigenvalue weighted by molar-refractivity contribution is 0.273. The van der Waals surface area contributed by atoms with Gasteiger partial charge in [-0.25, -0.2) is 4.98 Å². The summed E-state index contributed by atoms with van der Waals surface area (Å²) in [5, 5.41) is 4.08. The lowest BCUT2D eigenvalue weighted by atomic mass is 10.1. The normalized spacial score (nSPS) is 11.9. The molecule has 20 heavy (non-hydrogen) atoms. The van der Waals surface area contributed by atoms with E-state index in [9.17, 15) is 0 Å². The third-order valence-electron chi connectivity index (χ3n) is 2.72. The van der Waals surface area contributed by atoms with Gasteiger partial charge in [0.25, 0.3) is 0 Å². The lowest BCUT2D eigenvalue weighted by Crippen LogP contribution is -2.35. The van der Waals surface area contributed by atoms with E-state index in [2.05, 4.69) is 50.1 Å². The molecule has 0 aromatic carbocycles. The number of nitrogens with one attached hydrogen (secondary N) is 1. The van der Waals surface area contributed by atoms with Crippen LogP contribution in [-0.2, 0) is 6.54 Å². The van der Waals surface area contributed by atoms with Gasteiger partial charge in [0.15, 0.2) is 0 Å². The van der Waals surface area contributed by atoms with Crippen LogP contribution in [0, 0.1) is 0 Å². The van der Waals surface area contributed by atoms with Crippen LogP contribution >= 0.6 is 11.6 Å². The van der Waals surface area contributed by atoms with Crippen LogP contribution in [0.4, 0.5) is 0 Å². The second-order valence-corrected chi connectivity index (χ2v) is 6.63. The minimum atomic E-state index is 0.0549. The van der Waals surface area contributed by atoms with Crippen molar-refractivity contribution in [2.75, 3.05) is 27.2 Å². The Bertz CT molecular complexity index is 416. The van der Waals surface area contributed by atoms with Crippen molar-refractivity contribution < 1.29 is 4.74 Å². The average molecular weight is 300 g/mol. The molecule has 0 saturated heterocycles. The van der Waals surface area contributed by atoms with Crippen molar-refractivity contribution in [2.45, 2.75) is 39.3 Å². The lowest BCUT2D eigenvalue weighted by Gasteiger charge is -2.21. The maximum absolute atomic E-state index is 6.16. The van der Waals surface area contributed by atoms with Gasteiger partial charge in [0, 0.05) is 30.9 Å². The van der Waals surface area contributed by atoms with E-state index in [1.807, 2.05) is 6.07 Å². The topological polar surface area (TPSA) is 37.4 Å². The van der Waals surface area contributed by atoms with E-state index in [0.717, 1.165) is 18.5 Å². The SMILES string of the molecule is CN(C)CCCOc1cc(CNC(C)(C)C)c(Cl)cn1. The van der Waals surface area contributed by atoms with Gasteiger partial charge < -0.3 is 15.0 Å². The second-order valence-electron chi connectivity index (χ2n) is 6.22. The Labute approximate surface area is 127 Å². The number of hydrogen-bond donors (Lipinski definition) is 1. The smallest absolute Gasteiger partial charge is 0.213 e. The van der Waals surface area contributed by atoms with Crippen molar-refractivity contribution in [1.29, 1.82) is 0 Å². The number of nitrogens with zero attached hydrogens (tertiary/aromatic N) is 2. The number of rotatable bonds is 7. The number of hydrogen-bond acceptors (Lipinski definition) is 4. The highest BCUT2D eigenvalue weighted by atomic mass is 35.5. The first-order chi connectivity index (χ1) is 9.28. The Morgan fingerprint density at radius 1 is 1.35 bits per heavy atom. The maximum Gasteiger partial charge on any atom is 0.213 e. The summed E-state index contributed by atoms with van der Waals surface area (Å²) >= 11 is 6.16. The largest absolute Gasteiger partial charge is 0.478 e. The summed E-state index contributed by atoms with van der Waals surface area (Å²) in [4.78, 5) is 6.34. The van der Waals surface area contributed by atoms with Crippen LogP contribution in [0.5, 0.6) is 5.88 Å². The van der Waals surface area contributed by atoms with E-state index in [1.165, 1.54) is 0 Å². The molecule has 0 fully saturated rings. The minimum Gasteiger partial charge on any atom is -0.478 e. The fourth-order valence-corrected chi connectivity index (χ4v) is 1.76. The molecular weight excluding hydrogens is 274 g/mol. The monoisotopic (exact) mass is 299 g/mol. The van der Waals surface area contributed by atoms with Crippen molar-refractivity contribution in [2.24, 2.45) is 0 Å². The Kier molecular flexibility index (Phi) is 6.72. The first-order valence-electron chi connectivity index (χ1n) is 6.95. The predicted molar refractivity (Wildman–Crippen MR) is 84.5 cm³/mol. The molecule has 1 N–H and O–H groups in total. The number of ether oxygens (including phenoxy) is 1. The number of pyridine rings is 1. The summed E-state index contributed by atoms with van der Waals surface area (Å²) in [6, 6.07) is 1.91. The Hall–Kier alpha value is -0.840. The van der Waals surface area contributed by atoms with E-state index in [1.54, 1.807) is 6.20 Å². The third kappa shape index (κ3) is 7.08. The molecule has 0 spiro atoms. The van der Waals surface area contributed by atoms with Crippen LogP contribution in [0.3, 0.4) is 0 Å². The fraction of sp³-hybridized carbons (Fsp3) is 0.667. The molecular formula is C15H26ClN3O. The highest BCUT2D eigenvalue weighted by Gasteiger charge is 2.11. The molecule has 1 aromatic heterocycles. The molecule has 0 aliphatic heterocycles. The van der Waals surface area contributed by atoms with E-state index in [4.69, 9.17) is 16.3 Å². The van der Waals surface area contributed by atoms with Gasteiger partial charge in [-0.15, -0.1) is 0 Å². The molecule has 5 heteroatoms. The summed E-state index contributed by atoms with van der Waals surface area (Å²) in [5.74, 6) is 0.638. The molecule has 0 bridgehead atoms. The molecule has 114 valence electrons. The fourth-order valence-electron chi connectivity index (χ4n) is 1.59. The van der Waals surface area contributed by atoms with Gasteiger partial charge in [-0.1, -0.05) is 11.6 Å². The average Bonchev–Trinajstić information content (AvgIpc) is 2.33. The molecule has 0 amide bonds. The first kappa shape index (κ1) is 17.2. The molecule has 0 saturated carbocycles. The van der Waals surface area contributed by atoms with Crippen molar-refractivity contribution in [3.63, 3.8) is 0 Å². The molecule has 0 unspecified atom stereocenters. The van der Waals surface area contributed by atoms with Crippen LogP contribution in [0.2, 0.25) is 5.02 Å². The van der Waals surface area contributed by atoms with Crippen LogP contribution in [-0.4, -0.2) is 42.7 Å². The molecule has 0 atom stereocenters. The molecule has 4 nitrogen and oxygen atoms in total. The van der Waals surface area contributed by atoms with E-state index in [-0.39, 0.29) is 5.54 Å². The molecule has 1 rings (SSSR count). The minimum absolute atomic E-state index is 0.0549. The van der Waals surface area contributed by atoms with E-state index >= 15 is 0 Å². The van der Waals surface area contributed by atoms with E-state index in [0.29, 0.717) is 24.1 Å². The molecule has 1 heterocycles. The van der Waals surface area contributed by atoms with Gasteiger partial charge in [-0.05, 0) is 46.9 Å². The molecule has 1 aromatic rings. The Morgan fingerprint density at radius 3 is 2.65 bits per heavy atom. The van der Waals surface area contributed by atoms with Crippen LogP contribution in [0.15, 0.2) is 12.3 Å². The summed E-state index contributed by atoms with van der Waals surface area (Å²) in [7, 11) is 4.10. The number of halogens is 1. The quantitative estimate of drug-likeness (QED) is 0.786. The Morgan fingerprint density at radius 2 is 2.05 bits per heavy atom. The van der Waals surface area contributed by atoms with Gasteiger partial charge >= 0.3 is 0 Å². The standard InChI is InChI=1S/C15H26ClN3O/c1-15(2,3)18-10-12-9-14(17-11-13(12)16)20-8-6-7-19(4)5/h9,11,18H,6-8,10H2,1-5H3. The first-order valence-corrected chi connectivity index (χ1v) is 7.33. The van der Waals surface area contributed by atoms with Crippen molar-refractivity contribution in [3.05, 3.63) is 22.8 Å². The van der Waals surface area contributed by atoms with Gasteiger partial charge in [0.05, 0.1) is 11.6 Å². The van der Waals surface area contributed by atoms with Crippen LogP contribution < -0.4 is 10.1 Å². The molecule has 0 aliphatic carbocycles. The van der Waals surface area contributed by atoms with Gasteiger partial charge in [0.1, 0.15) is 0 Å². The number of aromatic nitrogens is 1. The highest BCUT2D eigenvalue weighted by Crippen LogP contribution is 2.20. The molecule has 0 radical (unpaired) electrons.